The van der Waals surface area contributed by atoms with E-state index in [2.05, 4.69) is 0 Å². The Morgan fingerprint density at radius 1 is 1.16 bits per heavy atom. The predicted octanol–water partition coefficient (Wildman–Crippen LogP) is 0.549. The lowest BCUT2D eigenvalue weighted by Gasteiger charge is -2.32. The molecule has 2 heterocycles. The normalized spacial score (nSPS) is 23.0. The van der Waals surface area contributed by atoms with Crippen molar-refractivity contribution in [3.8, 4) is 0 Å². The van der Waals surface area contributed by atoms with Crippen molar-refractivity contribution < 1.29 is 19.6 Å². The second-order valence-electron chi connectivity index (χ2n) is 4.69. The van der Waals surface area contributed by atoms with Crippen LogP contribution in [0, 0.1) is 0 Å². The van der Waals surface area contributed by atoms with E-state index in [1.54, 1.807) is 12.1 Å². The van der Waals surface area contributed by atoms with Gasteiger partial charge in [0.1, 0.15) is 6.04 Å². The zero-order valence-corrected chi connectivity index (χ0v) is 10.1. The van der Waals surface area contributed by atoms with Crippen LogP contribution in [0.5, 0.6) is 0 Å². The Balaban J connectivity index is 1.88. The molecule has 1 atom stereocenters. The Kier molecular flexibility index (Phi) is 2.60. The molecule has 1 N–H and O–H groups in total. The fraction of sp³-hybridized carbons (Fsp3) is 0.308. The number of carbonyl (C=O) groups is 3. The first-order valence-electron chi connectivity index (χ1n) is 6.04. The standard InChI is InChI=1S/C13H12N2O4/c16-11-6-5-10(13(18)15(11)19)14-7-8-3-1-2-4-9(8)12(14)17/h1-4,10,19H,5-7H2. The molecule has 1 aromatic rings. The van der Waals surface area contributed by atoms with E-state index >= 15 is 0 Å². The molecule has 0 aliphatic carbocycles. The molecule has 6 nitrogen and oxygen atoms in total. The second kappa shape index (κ2) is 4.17. The van der Waals surface area contributed by atoms with E-state index in [0.29, 0.717) is 12.1 Å². The van der Waals surface area contributed by atoms with Crippen molar-refractivity contribution in [2.45, 2.75) is 25.4 Å². The summed E-state index contributed by atoms with van der Waals surface area (Å²) < 4.78 is 0. The van der Waals surface area contributed by atoms with Gasteiger partial charge in [0.25, 0.3) is 17.7 Å². The lowest BCUT2D eigenvalue weighted by atomic mass is 10.0. The number of hydrogen-bond acceptors (Lipinski definition) is 4. The third kappa shape index (κ3) is 1.72. The average molecular weight is 260 g/mol. The topological polar surface area (TPSA) is 77.9 Å². The Morgan fingerprint density at radius 2 is 1.89 bits per heavy atom. The summed E-state index contributed by atoms with van der Waals surface area (Å²) in [7, 11) is 0. The van der Waals surface area contributed by atoms with Gasteiger partial charge in [-0.1, -0.05) is 18.2 Å². The number of benzene rings is 1. The van der Waals surface area contributed by atoms with Gasteiger partial charge in [0.15, 0.2) is 0 Å². The third-order valence-corrected chi connectivity index (χ3v) is 3.59. The lowest BCUT2D eigenvalue weighted by molar-refractivity contribution is -0.187. The largest absolute Gasteiger partial charge is 0.322 e. The highest BCUT2D eigenvalue weighted by molar-refractivity contribution is 6.04. The molecule has 0 radical (unpaired) electrons. The van der Waals surface area contributed by atoms with E-state index in [1.165, 1.54) is 4.90 Å². The molecule has 6 heteroatoms. The van der Waals surface area contributed by atoms with E-state index in [0.717, 1.165) is 5.56 Å². The van der Waals surface area contributed by atoms with E-state index in [4.69, 9.17) is 0 Å². The Bertz CT molecular complexity index is 584. The first-order valence-corrected chi connectivity index (χ1v) is 6.04. The molecule has 2 aliphatic rings. The number of imide groups is 1. The van der Waals surface area contributed by atoms with Crippen molar-refractivity contribution in [1.29, 1.82) is 0 Å². The molecule has 98 valence electrons. The summed E-state index contributed by atoms with van der Waals surface area (Å²) in [5.41, 5.74) is 1.44. The molecule has 3 amide bonds. The highest BCUT2D eigenvalue weighted by Gasteiger charge is 2.42. The van der Waals surface area contributed by atoms with Crippen LogP contribution >= 0.6 is 0 Å². The van der Waals surface area contributed by atoms with Gasteiger partial charge in [-0.05, 0) is 18.1 Å². The summed E-state index contributed by atoms with van der Waals surface area (Å²) in [5.74, 6) is -1.57. The van der Waals surface area contributed by atoms with Crippen molar-refractivity contribution in [3.63, 3.8) is 0 Å². The Labute approximate surface area is 109 Å². The molecule has 3 rings (SSSR count). The van der Waals surface area contributed by atoms with Crippen molar-refractivity contribution in [1.82, 2.24) is 9.96 Å². The lowest BCUT2D eigenvalue weighted by Crippen LogP contribution is -2.53. The molecule has 0 aromatic heterocycles. The number of hydrogen-bond donors (Lipinski definition) is 1. The molecule has 1 fully saturated rings. The highest BCUT2D eigenvalue weighted by Crippen LogP contribution is 2.28. The summed E-state index contributed by atoms with van der Waals surface area (Å²) >= 11 is 0. The fourth-order valence-corrected chi connectivity index (χ4v) is 2.57. The van der Waals surface area contributed by atoms with Crippen molar-refractivity contribution >= 4 is 17.7 Å². The molecular formula is C13H12N2O4. The summed E-state index contributed by atoms with van der Waals surface area (Å²) in [6.45, 7) is 0.341. The van der Waals surface area contributed by atoms with Crippen LogP contribution in [0.1, 0.15) is 28.8 Å². The third-order valence-electron chi connectivity index (χ3n) is 3.59. The zero-order valence-electron chi connectivity index (χ0n) is 10.1. The maximum atomic E-state index is 12.2. The van der Waals surface area contributed by atoms with Gasteiger partial charge < -0.3 is 4.90 Å². The number of nitrogens with zero attached hydrogens (tertiary/aromatic N) is 2. The number of piperidine rings is 1. The Morgan fingerprint density at radius 3 is 2.63 bits per heavy atom. The van der Waals surface area contributed by atoms with Crippen molar-refractivity contribution in [2.75, 3.05) is 0 Å². The van der Waals surface area contributed by atoms with Gasteiger partial charge in [-0.25, -0.2) is 0 Å². The molecule has 1 saturated heterocycles. The first kappa shape index (κ1) is 11.9. The van der Waals surface area contributed by atoms with Crippen molar-refractivity contribution in [2.24, 2.45) is 0 Å². The maximum Gasteiger partial charge on any atom is 0.276 e. The fourth-order valence-electron chi connectivity index (χ4n) is 2.57. The van der Waals surface area contributed by atoms with Crippen LogP contribution in [-0.4, -0.2) is 38.9 Å². The molecule has 0 spiro atoms. The average Bonchev–Trinajstić information content (AvgIpc) is 2.74. The smallest absolute Gasteiger partial charge is 0.276 e. The molecular weight excluding hydrogens is 248 g/mol. The minimum absolute atomic E-state index is 0.0625. The summed E-state index contributed by atoms with van der Waals surface area (Å²) in [4.78, 5) is 36.7. The molecule has 0 saturated carbocycles. The van der Waals surface area contributed by atoms with Crippen LogP contribution in [0.25, 0.3) is 0 Å². The number of carbonyl (C=O) groups excluding carboxylic acids is 3. The van der Waals surface area contributed by atoms with Crippen molar-refractivity contribution in [3.05, 3.63) is 35.4 Å². The van der Waals surface area contributed by atoms with E-state index < -0.39 is 17.9 Å². The molecule has 1 aromatic carbocycles. The minimum Gasteiger partial charge on any atom is -0.322 e. The van der Waals surface area contributed by atoms with Gasteiger partial charge in [0.05, 0.1) is 0 Å². The number of fused-ring (bicyclic) bond motifs is 1. The zero-order chi connectivity index (χ0) is 13.6. The van der Waals surface area contributed by atoms with Crippen LogP contribution in [0.4, 0.5) is 0 Å². The van der Waals surface area contributed by atoms with Gasteiger partial charge in [-0.15, -0.1) is 0 Å². The van der Waals surface area contributed by atoms with Gasteiger partial charge >= 0.3 is 0 Å². The summed E-state index contributed by atoms with van der Waals surface area (Å²) in [5, 5.41) is 9.51. The SMILES string of the molecule is O=C1CCC(N2Cc3ccccc3C2=O)C(=O)N1O. The second-order valence-corrected chi connectivity index (χ2v) is 4.69. The summed E-state index contributed by atoms with van der Waals surface area (Å²) in [6.07, 6.45) is 0.321. The quantitative estimate of drug-likeness (QED) is 0.591. The van der Waals surface area contributed by atoms with E-state index in [1.807, 2.05) is 12.1 Å². The van der Waals surface area contributed by atoms with Gasteiger partial charge in [0, 0.05) is 18.5 Å². The first-order chi connectivity index (χ1) is 9.09. The monoisotopic (exact) mass is 260 g/mol. The maximum absolute atomic E-state index is 12.2. The predicted molar refractivity (Wildman–Crippen MR) is 63.0 cm³/mol. The van der Waals surface area contributed by atoms with Gasteiger partial charge in [0.2, 0.25) is 0 Å². The van der Waals surface area contributed by atoms with Crippen LogP contribution in [0.15, 0.2) is 24.3 Å². The molecule has 2 aliphatic heterocycles. The van der Waals surface area contributed by atoms with Gasteiger partial charge in [-0.2, -0.15) is 5.06 Å². The molecule has 1 unspecified atom stereocenters. The highest BCUT2D eigenvalue weighted by atomic mass is 16.5. The molecule has 19 heavy (non-hydrogen) atoms. The Hall–Kier alpha value is -2.21. The van der Waals surface area contributed by atoms with Crippen LogP contribution in [-0.2, 0) is 16.1 Å². The van der Waals surface area contributed by atoms with Crippen LogP contribution < -0.4 is 0 Å². The van der Waals surface area contributed by atoms with Crippen LogP contribution in [0.3, 0.4) is 0 Å². The van der Waals surface area contributed by atoms with E-state index in [-0.39, 0.29) is 23.8 Å². The minimum atomic E-state index is -0.761. The number of rotatable bonds is 1. The van der Waals surface area contributed by atoms with Gasteiger partial charge in [-0.3, -0.25) is 19.6 Å². The van der Waals surface area contributed by atoms with E-state index in [9.17, 15) is 19.6 Å². The number of amides is 3. The van der Waals surface area contributed by atoms with Crippen LogP contribution in [0.2, 0.25) is 0 Å². The molecule has 0 bridgehead atoms. The summed E-state index contributed by atoms with van der Waals surface area (Å²) in [6, 6.07) is 6.39. The number of hydroxylamine groups is 2.